The van der Waals surface area contributed by atoms with E-state index < -0.39 is 11.1 Å². The Morgan fingerprint density at radius 1 is 0.880 bits per heavy atom. The van der Waals surface area contributed by atoms with E-state index in [4.69, 9.17) is 0 Å². The Morgan fingerprint density at radius 2 is 1.36 bits per heavy atom. The molecule has 0 bridgehead atoms. The smallest absolute Gasteiger partial charge is 0.0441 e. The van der Waals surface area contributed by atoms with Crippen LogP contribution in [0, 0.1) is 10.4 Å². The zero-order valence-electron chi connectivity index (χ0n) is 15.9. The van der Waals surface area contributed by atoms with Crippen LogP contribution >= 0.6 is 0 Å². The average Bonchev–Trinajstić information content (AvgIpc) is 2.65. The number of benzene rings is 2. The normalized spacial score (nSPS) is 14.2. The van der Waals surface area contributed by atoms with E-state index in [1.165, 1.54) is 0 Å². The van der Waals surface area contributed by atoms with Crippen LogP contribution in [0.15, 0.2) is 49.1 Å². The van der Waals surface area contributed by atoms with Crippen LogP contribution in [0.5, 0.6) is 0 Å². The lowest BCUT2D eigenvalue weighted by Crippen LogP contribution is -2.41. The second-order valence-electron chi connectivity index (χ2n) is 7.32. The third kappa shape index (κ3) is 3.37. The summed E-state index contributed by atoms with van der Waals surface area (Å²) >= 11 is 0. The number of nitrogens with zero attached hydrogens (tertiary/aromatic N) is 2. The van der Waals surface area contributed by atoms with Crippen LogP contribution in [0.4, 0.5) is 11.4 Å². The third-order valence-corrected chi connectivity index (χ3v) is 5.35. The monoisotopic (exact) mass is 340 g/mol. The average molecular weight is 340 g/mol. The minimum Gasteiger partial charge on any atom is -0.758 e. The summed E-state index contributed by atoms with van der Waals surface area (Å²) in [5, 5.41) is 29.6. The van der Waals surface area contributed by atoms with Gasteiger partial charge in [0.1, 0.15) is 0 Å². The fraction of sp³-hybridized carbons (Fsp3) is 0.429. The summed E-state index contributed by atoms with van der Waals surface area (Å²) < 4.78 is 0. The lowest BCUT2D eigenvalue weighted by Gasteiger charge is -2.48. The lowest BCUT2D eigenvalue weighted by atomic mass is 9.95. The van der Waals surface area contributed by atoms with Gasteiger partial charge >= 0.3 is 0 Å². The predicted molar refractivity (Wildman–Crippen MR) is 109 cm³/mol. The molecule has 1 atom stereocenters. The molecular formula is C21H28N2O2-2. The molecule has 4 heteroatoms. The van der Waals surface area contributed by atoms with Gasteiger partial charge in [-0.3, -0.25) is 0 Å². The molecule has 0 saturated carbocycles. The van der Waals surface area contributed by atoms with Crippen molar-refractivity contribution in [2.75, 3.05) is 10.1 Å². The van der Waals surface area contributed by atoms with E-state index in [2.05, 4.69) is 6.58 Å². The molecule has 4 nitrogen and oxygen atoms in total. The van der Waals surface area contributed by atoms with Crippen LogP contribution in [-0.2, 0) is 0 Å². The fourth-order valence-corrected chi connectivity index (χ4v) is 2.74. The van der Waals surface area contributed by atoms with Crippen LogP contribution in [0.2, 0.25) is 0 Å². The van der Waals surface area contributed by atoms with Crippen LogP contribution in [0.3, 0.4) is 0 Å². The SMILES string of the molecule is C=CC(C)(CC)N([O-])c1ccc(N([O-])C(C)(C)CC)c2ccccc12. The first kappa shape index (κ1) is 19.3. The molecule has 2 rings (SSSR count). The van der Waals surface area contributed by atoms with Crippen molar-refractivity contribution < 1.29 is 0 Å². The van der Waals surface area contributed by atoms with Crippen molar-refractivity contribution in [3.05, 3.63) is 59.5 Å². The van der Waals surface area contributed by atoms with Gasteiger partial charge in [-0.25, -0.2) is 0 Å². The number of hydroxylamine groups is 2. The van der Waals surface area contributed by atoms with Gasteiger partial charge in [0.25, 0.3) is 0 Å². The van der Waals surface area contributed by atoms with Crippen molar-refractivity contribution in [3.8, 4) is 0 Å². The molecule has 25 heavy (non-hydrogen) atoms. The van der Waals surface area contributed by atoms with Gasteiger partial charge in [0.15, 0.2) is 0 Å². The highest BCUT2D eigenvalue weighted by Crippen LogP contribution is 2.39. The standard InChI is InChI=1S/C21H28N2O2/c1-7-20(4,5)22(24)18-14-15-19(17-13-11-10-12-16(17)18)23(25)21(6,8-2)9-3/h8,10-15H,2,7,9H2,1,3-6H3/q-2. The molecule has 0 aliphatic heterocycles. The van der Waals surface area contributed by atoms with Gasteiger partial charge in [-0.05, 0) is 45.7 Å². The molecule has 0 saturated heterocycles. The number of anilines is 2. The molecule has 0 N–H and O–H groups in total. The molecule has 0 radical (unpaired) electrons. The molecule has 136 valence electrons. The Morgan fingerprint density at radius 3 is 1.76 bits per heavy atom. The molecule has 0 aromatic heterocycles. The summed E-state index contributed by atoms with van der Waals surface area (Å²) in [6, 6.07) is 11.1. The summed E-state index contributed by atoms with van der Waals surface area (Å²) in [5.74, 6) is 0. The van der Waals surface area contributed by atoms with Gasteiger partial charge in [-0.1, -0.05) is 44.2 Å². The Hall–Kier alpha value is -2.04. The first-order valence-electron chi connectivity index (χ1n) is 8.82. The maximum absolute atomic E-state index is 13.0. The second-order valence-corrected chi connectivity index (χ2v) is 7.32. The van der Waals surface area contributed by atoms with Crippen molar-refractivity contribution >= 4 is 22.1 Å². The Bertz CT molecular complexity index is 757. The van der Waals surface area contributed by atoms with Crippen LogP contribution in [0.25, 0.3) is 10.8 Å². The number of rotatable bonds is 7. The molecule has 0 aliphatic carbocycles. The zero-order chi connectivity index (χ0) is 18.8. The van der Waals surface area contributed by atoms with E-state index in [-0.39, 0.29) is 0 Å². The highest BCUT2D eigenvalue weighted by molar-refractivity contribution is 6.03. The molecule has 0 heterocycles. The van der Waals surface area contributed by atoms with E-state index in [0.29, 0.717) is 17.8 Å². The fourth-order valence-electron chi connectivity index (χ4n) is 2.74. The summed E-state index contributed by atoms with van der Waals surface area (Å²) in [7, 11) is 0. The number of hydrogen-bond acceptors (Lipinski definition) is 4. The van der Waals surface area contributed by atoms with Gasteiger partial charge < -0.3 is 20.5 Å². The first-order chi connectivity index (χ1) is 11.7. The van der Waals surface area contributed by atoms with Crippen molar-refractivity contribution in [1.29, 1.82) is 0 Å². The van der Waals surface area contributed by atoms with E-state index in [1.807, 2.05) is 58.9 Å². The maximum Gasteiger partial charge on any atom is 0.0441 e. The summed E-state index contributed by atoms with van der Waals surface area (Å²) in [6.45, 7) is 13.5. The molecular weight excluding hydrogens is 312 g/mol. The third-order valence-electron chi connectivity index (χ3n) is 5.35. The van der Waals surface area contributed by atoms with Gasteiger partial charge in [-0.2, -0.15) is 0 Å². The summed E-state index contributed by atoms with van der Waals surface area (Å²) in [6.07, 6.45) is 3.06. The van der Waals surface area contributed by atoms with E-state index >= 15 is 0 Å². The van der Waals surface area contributed by atoms with Crippen molar-refractivity contribution in [2.24, 2.45) is 0 Å². The highest BCUT2D eigenvalue weighted by atomic mass is 16.5. The quantitative estimate of drug-likeness (QED) is 0.459. The zero-order valence-corrected chi connectivity index (χ0v) is 15.9. The minimum absolute atomic E-state index is 0.513. The topological polar surface area (TPSA) is 52.6 Å². The Balaban J connectivity index is 2.66. The van der Waals surface area contributed by atoms with Gasteiger partial charge in [0.2, 0.25) is 0 Å². The van der Waals surface area contributed by atoms with Crippen molar-refractivity contribution in [1.82, 2.24) is 0 Å². The number of hydrogen-bond donors (Lipinski definition) is 0. The Labute approximate surface area is 150 Å². The van der Waals surface area contributed by atoms with E-state index in [0.717, 1.165) is 27.3 Å². The highest BCUT2D eigenvalue weighted by Gasteiger charge is 2.23. The van der Waals surface area contributed by atoms with Gasteiger partial charge in [0.05, 0.1) is 0 Å². The van der Waals surface area contributed by atoms with E-state index in [9.17, 15) is 10.4 Å². The molecule has 0 fully saturated rings. The van der Waals surface area contributed by atoms with Gasteiger partial charge in [0, 0.05) is 33.2 Å². The maximum atomic E-state index is 13.0. The molecule has 0 amide bonds. The molecule has 2 aromatic carbocycles. The molecule has 2 aromatic rings. The van der Waals surface area contributed by atoms with Gasteiger partial charge in [-0.15, -0.1) is 6.58 Å². The van der Waals surface area contributed by atoms with Crippen LogP contribution in [0.1, 0.15) is 47.5 Å². The largest absolute Gasteiger partial charge is 0.758 e. The van der Waals surface area contributed by atoms with Crippen molar-refractivity contribution in [2.45, 2.75) is 58.5 Å². The first-order valence-corrected chi connectivity index (χ1v) is 8.82. The molecule has 0 aliphatic rings. The summed E-state index contributed by atoms with van der Waals surface area (Å²) in [5.41, 5.74) is -0.0485. The van der Waals surface area contributed by atoms with Crippen molar-refractivity contribution in [3.63, 3.8) is 0 Å². The predicted octanol–water partition coefficient (Wildman–Crippen LogP) is 5.99. The number of fused-ring (bicyclic) bond motifs is 1. The van der Waals surface area contributed by atoms with Crippen LogP contribution < -0.4 is 10.1 Å². The molecule has 1 unspecified atom stereocenters. The lowest BCUT2D eigenvalue weighted by molar-refractivity contribution is 0.486. The summed E-state index contributed by atoms with van der Waals surface area (Å²) in [4.78, 5) is 0. The molecule has 0 spiro atoms. The second kappa shape index (κ2) is 7.06. The van der Waals surface area contributed by atoms with E-state index in [1.54, 1.807) is 18.2 Å². The Kier molecular flexibility index (Phi) is 5.45. The minimum atomic E-state index is -0.690. The van der Waals surface area contributed by atoms with Crippen LogP contribution in [-0.4, -0.2) is 11.1 Å².